The number of hydrogen-bond donors (Lipinski definition) is 2. The van der Waals surface area contributed by atoms with E-state index in [4.69, 9.17) is 25.9 Å². The first-order chi connectivity index (χ1) is 19.5. The Morgan fingerprint density at radius 2 is 1.98 bits per heavy atom. The van der Waals surface area contributed by atoms with Crippen LogP contribution in [-0.2, 0) is 20.8 Å². The number of benzene rings is 3. The summed E-state index contributed by atoms with van der Waals surface area (Å²) in [6, 6.07) is 17.7. The van der Waals surface area contributed by atoms with Crippen molar-refractivity contribution in [2.24, 2.45) is 0 Å². The maximum Gasteiger partial charge on any atom is 0.329 e. The van der Waals surface area contributed by atoms with Gasteiger partial charge in [-0.05, 0) is 29.8 Å². The molecule has 0 aliphatic carbocycles. The van der Waals surface area contributed by atoms with Crippen molar-refractivity contribution < 1.29 is 23.5 Å². The van der Waals surface area contributed by atoms with Crippen molar-refractivity contribution in [2.75, 3.05) is 36.9 Å². The molecule has 9 nitrogen and oxygen atoms in total. The number of hydroxylamine groups is 2. The Kier molecular flexibility index (Phi) is 7.63. The molecule has 206 valence electrons. The van der Waals surface area contributed by atoms with Crippen LogP contribution in [0.4, 0.5) is 21.6 Å². The van der Waals surface area contributed by atoms with Crippen LogP contribution in [0.25, 0.3) is 10.9 Å². The van der Waals surface area contributed by atoms with E-state index < -0.39 is 5.82 Å². The summed E-state index contributed by atoms with van der Waals surface area (Å²) in [7, 11) is 0. The molecule has 11 heteroatoms. The van der Waals surface area contributed by atoms with E-state index in [2.05, 4.69) is 20.6 Å². The van der Waals surface area contributed by atoms with Crippen LogP contribution in [0, 0.1) is 5.82 Å². The summed E-state index contributed by atoms with van der Waals surface area (Å²) in [4.78, 5) is 26.7. The number of fused-ring (bicyclic) bond motifs is 1. The highest BCUT2D eigenvalue weighted by atomic mass is 35.5. The average molecular weight is 564 g/mol. The summed E-state index contributed by atoms with van der Waals surface area (Å²) < 4.78 is 25.5. The van der Waals surface area contributed by atoms with Crippen LogP contribution >= 0.6 is 11.6 Å². The number of hydrogen-bond acceptors (Lipinski definition) is 9. The maximum absolute atomic E-state index is 13.7. The molecule has 6 rings (SSSR count). The average Bonchev–Trinajstić information content (AvgIpc) is 3.44. The minimum Gasteiger partial charge on any atom is -0.486 e. The number of nitrogens with zero attached hydrogens (tertiary/aromatic N) is 3. The predicted octanol–water partition coefficient (Wildman–Crippen LogP) is 5.13. The van der Waals surface area contributed by atoms with Gasteiger partial charge in [-0.15, -0.1) is 5.06 Å². The zero-order valence-corrected chi connectivity index (χ0v) is 22.2. The van der Waals surface area contributed by atoms with E-state index in [0.717, 1.165) is 23.1 Å². The first kappa shape index (κ1) is 26.2. The fourth-order valence-electron chi connectivity index (χ4n) is 4.65. The molecule has 0 amide bonds. The van der Waals surface area contributed by atoms with Gasteiger partial charge in [0, 0.05) is 23.6 Å². The zero-order chi connectivity index (χ0) is 27.5. The molecule has 0 saturated carbocycles. The van der Waals surface area contributed by atoms with E-state index in [9.17, 15) is 9.18 Å². The van der Waals surface area contributed by atoms with E-state index >= 15 is 0 Å². The quantitative estimate of drug-likeness (QED) is 0.287. The van der Waals surface area contributed by atoms with Gasteiger partial charge in [-0.25, -0.2) is 19.2 Å². The standard InChI is InChI=1S/C29H27ClFN5O4/c30-23-11-19(6-7-24(23)31)35-29-22-12-26(27(13-25(22)32-17-33-29)39-21-8-9-38-16-21)34-20-14-36(15-20)40-28(37)10-18-4-2-1-3-5-18/h1-7,11-13,17,20-21,34H,8-10,14-16H2,(H,32,33,35)/t21-/m0/s1. The molecule has 3 aromatic carbocycles. The van der Waals surface area contributed by atoms with E-state index in [0.29, 0.717) is 49.1 Å². The monoisotopic (exact) mass is 563 g/mol. The van der Waals surface area contributed by atoms with Gasteiger partial charge >= 0.3 is 5.97 Å². The molecule has 1 atom stereocenters. The lowest BCUT2D eigenvalue weighted by Crippen LogP contribution is -2.55. The highest BCUT2D eigenvalue weighted by molar-refractivity contribution is 6.31. The Bertz CT molecular complexity index is 1510. The minimum atomic E-state index is -0.496. The van der Waals surface area contributed by atoms with Crippen LogP contribution in [-0.4, -0.2) is 59.4 Å². The lowest BCUT2D eigenvalue weighted by atomic mass is 10.1. The first-order valence-corrected chi connectivity index (χ1v) is 13.4. The van der Waals surface area contributed by atoms with Crippen molar-refractivity contribution in [1.29, 1.82) is 0 Å². The molecule has 0 radical (unpaired) electrons. The van der Waals surface area contributed by atoms with Crippen molar-refractivity contribution in [1.82, 2.24) is 15.0 Å². The van der Waals surface area contributed by atoms with Gasteiger partial charge in [-0.3, -0.25) is 0 Å². The fraction of sp³-hybridized carbons (Fsp3) is 0.276. The van der Waals surface area contributed by atoms with Crippen molar-refractivity contribution in [3.05, 3.63) is 83.4 Å². The largest absolute Gasteiger partial charge is 0.486 e. The summed E-state index contributed by atoms with van der Waals surface area (Å²) in [5.74, 6) is 0.396. The molecule has 1 aromatic heterocycles. The second kappa shape index (κ2) is 11.6. The van der Waals surface area contributed by atoms with Gasteiger partial charge in [0.25, 0.3) is 0 Å². The van der Waals surface area contributed by atoms with Crippen LogP contribution in [0.15, 0.2) is 67.0 Å². The van der Waals surface area contributed by atoms with Gasteiger partial charge < -0.3 is 24.9 Å². The number of anilines is 3. The van der Waals surface area contributed by atoms with Crippen molar-refractivity contribution in [2.45, 2.75) is 25.0 Å². The third-order valence-electron chi connectivity index (χ3n) is 6.73. The molecule has 0 bridgehead atoms. The van der Waals surface area contributed by atoms with Crippen LogP contribution < -0.4 is 15.4 Å². The predicted molar refractivity (Wildman–Crippen MR) is 149 cm³/mol. The number of halogens is 2. The molecule has 3 heterocycles. The number of ether oxygens (including phenoxy) is 2. The third kappa shape index (κ3) is 6.09. The van der Waals surface area contributed by atoms with E-state index in [1.807, 2.05) is 42.5 Å². The van der Waals surface area contributed by atoms with Crippen molar-refractivity contribution in [3.63, 3.8) is 0 Å². The Labute approximate surface area is 235 Å². The van der Waals surface area contributed by atoms with Gasteiger partial charge in [0.1, 0.15) is 29.8 Å². The van der Waals surface area contributed by atoms with Crippen LogP contribution in [0.1, 0.15) is 12.0 Å². The summed E-state index contributed by atoms with van der Waals surface area (Å²) in [6.45, 7) is 2.22. The highest BCUT2D eigenvalue weighted by Gasteiger charge is 2.31. The molecule has 0 unspecified atom stereocenters. The molecular weight excluding hydrogens is 537 g/mol. The molecule has 0 spiro atoms. The Morgan fingerprint density at radius 1 is 1.12 bits per heavy atom. The fourth-order valence-corrected chi connectivity index (χ4v) is 4.83. The van der Waals surface area contributed by atoms with Gasteiger partial charge in [-0.2, -0.15) is 0 Å². The van der Waals surface area contributed by atoms with Gasteiger partial charge in [0.2, 0.25) is 0 Å². The van der Waals surface area contributed by atoms with Crippen LogP contribution in [0.3, 0.4) is 0 Å². The minimum absolute atomic E-state index is 0.0131. The molecule has 2 N–H and O–H groups in total. The molecule has 2 aliphatic rings. The SMILES string of the molecule is O=C(Cc1ccccc1)ON1CC(Nc2cc3c(Nc4ccc(F)c(Cl)c4)ncnc3cc2O[C@H]2CCOC2)C1. The number of carbonyl (C=O) groups is 1. The molecule has 2 aliphatic heterocycles. The second-order valence-electron chi connectivity index (χ2n) is 9.76. The Hall–Kier alpha value is -3.99. The number of aromatic nitrogens is 2. The zero-order valence-electron chi connectivity index (χ0n) is 21.5. The maximum atomic E-state index is 13.7. The molecule has 4 aromatic rings. The Balaban J connectivity index is 1.19. The molecule has 2 fully saturated rings. The lowest BCUT2D eigenvalue weighted by molar-refractivity contribution is -0.208. The topological polar surface area (TPSA) is 97.8 Å². The third-order valence-corrected chi connectivity index (χ3v) is 7.02. The van der Waals surface area contributed by atoms with Gasteiger partial charge in [0.05, 0.1) is 55.0 Å². The molecular formula is C29H27ClFN5O4. The van der Waals surface area contributed by atoms with Crippen LogP contribution in [0.2, 0.25) is 5.02 Å². The normalized spacial score (nSPS) is 17.4. The lowest BCUT2D eigenvalue weighted by Gasteiger charge is -2.38. The van der Waals surface area contributed by atoms with Crippen molar-refractivity contribution in [3.8, 4) is 5.75 Å². The number of nitrogens with one attached hydrogen (secondary N) is 2. The van der Waals surface area contributed by atoms with Crippen LogP contribution in [0.5, 0.6) is 5.75 Å². The van der Waals surface area contributed by atoms with E-state index in [-0.39, 0.29) is 29.6 Å². The molecule has 40 heavy (non-hydrogen) atoms. The number of carbonyl (C=O) groups excluding carboxylic acids is 1. The highest BCUT2D eigenvalue weighted by Crippen LogP contribution is 2.36. The smallest absolute Gasteiger partial charge is 0.329 e. The Morgan fingerprint density at radius 3 is 2.75 bits per heavy atom. The second-order valence-corrected chi connectivity index (χ2v) is 10.2. The summed E-state index contributed by atoms with van der Waals surface area (Å²) in [5, 5.41) is 9.13. The summed E-state index contributed by atoms with van der Waals surface area (Å²) >= 11 is 5.97. The van der Waals surface area contributed by atoms with Gasteiger partial charge in [-0.1, -0.05) is 41.9 Å². The van der Waals surface area contributed by atoms with E-state index in [1.165, 1.54) is 18.5 Å². The number of rotatable bonds is 9. The molecule has 2 saturated heterocycles. The summed E-state index contributed by atoms with van der Waals surface area (Å²) in [5.41, 5.74) is 2.94. The van der Waals surface area contributed by atoms with Gasteiger partial charge in [0.15, 0.2) is 0 Å². The van der Waals surface area contributed by atoms with E-state index in [1.54, 1.807) is 11.1 Å². The van der Waals surface area contributed by atoms with Crippen molar-refractivity contribution >= 4 is 45.7 Å². The summed E-state index contributed by atoms with van der Waals surface area (Å²) in [6.07, 6.45) is 2.42. The first-order valence-electron chi connectivity index (χ1n) is 13.0.